The van der Waals surface area contributed by atoms with Crippen molar-refractivity contribution in [3.63, 3.8) is 0 Å². The summed E-state index contributed by atoms with van der Waals surface area (Å²) in [7, 11) is 0. The molecule has 0 saturated carbocycles. The molecule has 26 heavy (non-hydrogen) atoms. The molecule has 0 aliphatic heterocycles. The van der Waals surface area contributed by atoms with Gasteiger partial charge in [-0.15, -0.1) is 0 Å². The molecule has 0 aliphatic carbocycles. The van der Waals surface area contributed by atoms with E-state index in [0.29, 0.717) is 35.2 Å². The summed E-state index contributed by atoms with van der Waals surface area (Å²) in [5.74, 6) is -0.127. The highest BCUT2D eigenvalue weighted by Gasteiger charge is 2.07. The number of anilines is 2. The van der Waals surface area contributed by atoms with E-state index in [2.05, 4.69) is 20.6 Å². The second-order valence-corrected chi connectivity index (χ2v) is 6.00. The van der Waals surface area contributed by atoms with E-state index in [1.54, 1.807) is 36.4 Å². The van der Waals surface area contributed by atoms with Gasteiger partial charge in [0, 0.05) is 29.6 Å². The predicted octanol–water partition coefficient (Wildman–Crippen LogP) is 4.18. The molecule has 3 rings (SSSR count). The van der Waals surface area contributed by atoms with Gasteiger partial charge in [0.2, 0.25) is 5.95 Å². The van der Waals surface area contributed by atoms with Crippen LogP contribution in [0.1, 0.15) is 15.9 Å². The lowest BCUT2D eigenvalue weighted by Crippen LogP contribution is -2.14. The van der Waals surface area contributed by atoms with Crippen LogP contribution in [0.3, 0.4) is 0 Å². The number of nitrogens with one attached hydrogen (secondary N) is 2. The molecule has 1 amide bonds. The van der Waals surface area contributed by atoms with Crippen LogP contribution in [0.2, 0.25) is 5.02 Å². The van der Waals surface area contributed by atoms with Gasteiger partial charge < -0.3 is 10.6 Å². The molecule has 0 aliphatic rings. The average Bonchev–Trinajstić information content (AvgIpc) is 2.66. The zero-order valence-corrected chi connectivity index (χ0v) is 14.5. The summed E-state index contributed by atoms with van der Waals surface area (Å²) in [4.78, 5) is 20.4. The Morgan fingerprint density at radius 3 is 2.31 bits per heavy atom. The molecule has 0 spiro atoms. The Labute approximate surface area is 155 Å². The number of carbonyl (C=O) groups excluding carboxylic acids is 1. The van der Waals surface area contributed by atoms with E-state index in [4.69, 9.17) is 11.6 Å². The first kappa shape index (κ1) is 17.8. The summed E-state index contributed by atoms with van der Waals surface area (Å²) in [6, 6.07) is 13.2. The Hall–Kier alpha value is -2.99. The second kappa shape index (κ2) is 8.40. The van der Waals surface area contributed by atoms with Crippen molar-refractivity contribution in [2.24, 2.45) is 0 Å². The van der Waals surface area contributed by atoms with E-state index >= 15 is 0 Å². The lowest BCUT2D eigenvalue weighted by molar-refractivity contribution is 0.102. The van der Waals surface area contributed by atoms with Crippen molar-refractivity contribution in [2.45, 2.75) is 6.42 Å². The molecule has 0 bridgehead atoms. The number of aromatic nitrogens is 2. The van der Waals surface area contributed by atoms with E-state index in [1.807, 2.05) is 0 Å². The number of hydrogen-bond acceptors (Lipinski definition) is 4. The smallest absolute Gasteiger partial charge is 0.258 e. The molecule has 3 aromatic rings. The number of amides is 1. The van der Waals surface area contributed by atoms with E-state index in [-0.39, 0.29) is 11.7 Å². The van der Waals surface area contributed by atoms with Crippen LogP contribution in [-0.4, -0.2) is 22.4 Å². The Morgan fingerprint density at radius 2 is 1.65 bits per heavy atom. The Kier molecular flexibility index (Phi) is 5.76. The van der Waals surface area contributed by atoms with E-state index in [0.717, 1.165) is 5.56 Å². The zero-order valence-electron chi connectivity index (χ0n) is 13.7. The van der Waals surface area contributed by atoms with Crippen LogP contribution < -0.4 is 10.6 Å². The molecule has 7 heteroatoms. The normalized spacial score (nSPS) is 10.4. The van der Waals surface area contributed by atoms with Crippen molar-refractivity contribution in [2.75, 3.05) is 17.2 Å². The minimum atomic E-state index is -0.301. The van der Waals surface area contributed by atoms with Gasteiger partial charge in [0.05, 0.1) is 5.56 Å². The number of hydrogen-bond donors (Lipinski definition) is 2. The van der Waals surface area contributed by atoms with E-state index in [1.165, 1.54) is 24.5 Å². The van der Waals surface area contributed by atoms with Crippen LogP contribution in [0.5, 0.6) is 0 Å². The second-order valence-electron chi connectivity index (χ2n) is 5.56. The highest BCUT2D eigenvalue weighted by atomic mass is 35.5. The number of carbonyl (C=O) groups is 1. The van der Waals surface area contributed by atoms with Crippen molar-refractivity contribution in [3.8, 4) is 0 Å². The molecule has 2 aromatic carbocycles. The first-order chi connectivity index (χ1) is 12.6. The molecule has 1 heterocycles. The van der Waals surface area contributed by atoms with Crippen molar-refractivity contribution >= 4 is 29.1 Å². The number of rotatable bonds is 6. The fraction of sp³-hybridized carbons (Fsp3) is 0.105. The molecular weight excluding hydrogens is 355 g/mol. The van der Waals surface area contributed by atoms with E-state index < -0.39 is 0 Å². The monoisotopic (exact) mass is 370 g/mol. The number of halogens is 2. The molecule has 0 unspecified atom stereocenters. The first-order valence-electron chi connectivity index (χ1n) is 7.97. The minimum Gasteiger partial charge on any atom is -0.354 e. The molecule has 0 fully saturated rings. The largest absolute Gasteiger partial charge is 0.354 e. The summed E-state index contributed by atoms with van der Waals surface area (Å²) in [6.45, 7) is 0.599. The lowest BCUT2D eigenvalue weighted by Gasteiger charge is -2.07. The summed E-state index contributed by atoms with van der Waals surface area (Å²) in [5.41, 5.74) is 2.00. The van der Waals surface area contributed by atoms with Crippen molar-refractivity contribution in [3.05, 3.63) is 82.9 Å². The van der Waals surface area contributed by atoms with Crippen LogP contribution in [0.25, 0.3) is 0 Å². The Morgan fingerprint density at radius 1 is 1.00 bits per heavy atom. The summed E-state index contributed by atoms with van der Waals surface area (Å²) in [5, 5.41) is 6.41. The topological polar surface area (TPSA) is 66.9 Å². The maximum atomic E-state index is 12.9. The zero-order chi connectivity index (χ0) is 18.4. The summed E-state index contributed by atoms with van der Waals surface area (Å²) in [6.07, 6.45) is 3.62. The standard InChI is InChI=1S/C19H16ClFN4O/c20-15-3-7-17(8-4-15)25-18(26)14-11-23-19(24-12-14)22-10-9-13-1-5-16(21)6-2-13/h1-8,11-12H,9-10H2,(H,25,26)(H,22,23,24). The molecule has 5 nitrogen and oxygen atoms in total. The van der Waals surface area contributed by atoms with Crippen molar-refractivity contribution < 1.29 is 9.18 Å². The fourth-order valence-corrected chi connectivity index (χ4v) is 2.37. The summed E-state index contributed by atoms with van der Waals surface area (Å²) >= 11 is 5.81. The minimum absolute atomic E-state index is 0.252. The van der Waals surface area contributed by atoms with Crippen LogP contribution in [-0.2, 0) is 6.42 Å². The van der Waals surface area contributed by atoms with Crippen LogP contribution >= 0.6 is 11.6 Å². The van der Waals surface area contributed by atoms with Crippen molar-refractivity contribution in [1.29, 1.82) is 0 Å². The SMILES string of the molecule is O=C(Nc1ccc(Cl)cc1)c1cnc(NCCc2ccc(F)cc2)nc1. The van der Waals surface area contributed by atoms with Gasteiger partial charge in [-0.25, -0.2) is 14.4 Å². The molecule has 132 valence electrons. The lowest BCUT2D eigenvalue weighted by atomic mass is 10.1. The Balaban J connectivity index is 1.51. The molecular formula is C19H16ClFN4O. The third-order valence-corrected chi connectivity index (χ3v) is 3.88. The predicted molar refractivity (Wildman–Crippen MR) is 100 cm³/mol. The van der Waals surface area contributed by atoms with Gasteiger partial charge in [-0.2, -0.15) is 0 Å². The van der Waals surface area contributed by atoms with Gasteiger partial charge in [0.1, 0.15) is 5.82 Å². The third kappa shape index (κ3) is 5.00. The molecule has 0 saturated heterocycles. The van der Waals surface area contributed by atoms with Crippen LogP contribution in [0, 0.1) is 5.82 Å². The van der Waals surface area contributed by atoms with E-state index in [9.17, 15) is 9.18 Å². The highest BCUT2D eigenvalue weighted by molar-refractivity contribution is 6.30. The van der Waals surface area contributed by atoms with Gasteiger partial charge in [0.25, 0.3) is 5.91 Å². The number of nitrogens with zero attached hydrogens (tertiary/aromatic N) is 2. The fourth-order valence-electron chi connectivity index (χ4n) is 2.24. The number of benzene rings is 2. The van der Waals surface area contributed by atoms with Gasteiger partial charge in [-0.3, -0.25) is 4.79 Å². The summed E-state index contributed by atoms with van der Waals surface area (Å²) < 4.78 is 12.9. The average molecular weight is 371 g/mol. The third-order valence-electron chi connectivity index (χ3n) is 3.63. The molecule has 2 N–H and O–H groups in total. The molecule has 0 atom stereocenters. The molecule has 1 aromatic heterocycles. The maximum absolute atomic E-state index is 12.9. The van der Waals surface area contributed by atoms with Gasteiger partial charge in [-0.05, 0) is 48.4 Å². The van der Waals surface area contributed by atoms with Gasteiger partial charge in [-0.1, -0.05) is 23.7 Å². The first-order valence-corrected chi connectivity index (χ1v) is 8.35. The highest BCUT2D eigenvalue weighted by Crippen LogP contribution is 2.14. The Bertz CT molecular complexity index is 868. The van der Waals surface area contributed by atoms with Crippen molar-refractivity contribution in [1.82, 2.24) is 9.97 Å². The van der Waals surface area contributed by atoms with Gasteiger partial charge in [0.15, 0.2) is 0 Å². The van der Waals surface area contributed by atoms with Crippen LogP contribution in [0.4, 0.5) is 16.0 Å². The quantitative estimate of drug-likeness (QED) is 0.683. The van der Waals surface area contributed by atoms with Crippen LogP contribution in [0.15, 0.2) is 60.9 Å². The maximum Gasteiger partial charge on any atom is 0.258 e. The molecule has 0 radical (unpaired) electrons. The van der Waals surface area contributed by atoms with Gasteiger partial charge >= 0.3 is 0 Å².